The van der Waals surface area contributed by atoms with E-state index in [0.29, 0.717) is 0 Å². The normalized spacial score (nSPS) is 23.3. The number of likely N-dealkylation sites (tertiary alicyclic amines) is 1. The summed E-state index contributed by atoms with van der Waals surface area (Å²) in [6, 6.07) is -0.879. The number of urea groups is 1. The fraction of sp³-hybridized carbons (Fsp3) is 0.778. The number of nitrogens with zero attached hydrogens (tertiary/aromatic N) is 1. The third-order valence-electron chi connectivity index (χ3n) is 2.52. The third-order valence-corrected chi connectivity index (χ3v) is 2.52. The summed E-state index contributed by atoms with van der Waals surface area (Å²) in [7, 11) is 0. The fourth-order valence-electron chi connectivity index (χ4n) is 1.56. The van der Waals surface area contributed by atoms with Gasteiger partial charge in [0.05, 0.1) is 0 Å². The Bertz CT molecular complexity index is 242. The zero-order valence-corrected chi connectivity index (χ0v) is 8.49. The molecule has 1 aliphatic heterocycles. The zero-order chi connectivity index (χ0) is 10.7. The summed E-state index contributed by atoms with van der Waals surface area (Å²) in [5, 5.41) is 11.0. The van der Waals surface area contributed by atoms with Gasteiger partial charge >= 0.3 is 12.0 Å². The predicted octanol–water partition coefficient (Wildman–Crippen LogP) is 0.653. The van der Waals surface area contributed by atoms with Crippen molar-refractivity contribution in [3.63, 3.8) is 0 Å². The van der Waals surface area contributed by atoms with Crippen molar-refractivity contribution >= 4 is 12.0 Å². The van der Waals surface area contributed by atoms with Gasteiger partial charge in [-0.25, -0.2) is 4.79 Å². The summed E-state index contributed by atoms with van der Waals surface area (Å²) in [5.41, 5.74) is 0. The van der Waals surface area contributed by atoms with Gasteiger partial charge in [0.1, 0.15) is 6.04 Å². The van der Waals surface area contributed by atoms with Crippen LogP contribution in [0.15, 0.2) is 0 Å². The second-order valence-electron chi connectivity index (χ2n) is 3.69. The lowest BCUT2D eigenvalue weighted by atomic mass is 10.2. The van der Waals surface area contributed by atoms with Crippen molar-refractivity contribution in [1.82, 2.24) is 10.2 Å². The Hall–Kier alpha value is -1.26. The van der Waals surface area contributed by atoms with Gasteiger partial charge in [0.15, 0.2) is 0 Å². The highest BCUT2D eigenvalue weighted by atomic mass is 16.4. The number of carboxylic acid groups (broad SMARTS) is 1. The van der Waals surface area contributed by atoms with Crippen LogP contribution in [0.4, 0.5) is 4.79 Å². The largest absolute Gasteiger partial charge is 0.480 e. The molecular formula is C9H16N2O3. The summed E-state index contributed by atoms with van der Waals surface area (Å²) in [5.74, 6) is -1.01. The second kappa shape index (κ2) is 4.30. The molecule has 0 aromatic rings. The van der Waals surface area contributed by atoms with E-state index in [2.05, 4.69) is 5.32 Å². The smallest absolute Gasteiger partial charge is 0.325 e. The first-order valence-electron chi connectivity index (χ1n) is 4.82. The predicted molar refractivity (Wildman–Crippen MR) is 51.0 cm³/mol. The van der Waals surface area contributed by atoms with Crippen LogP contribution in [0.2, 0.25) is 0 Å². The average Bonchev–Trinajstić information content (AvgIpc) is 2.51. The summed E-state index contributed by atoms with van der Waals surface area (Å²) < 4.78 is 0. The average molecular weight is 200 g/mol. The van der Waals surface area contributed by atoms with E-state index in [1.54, 1.807) is 4.90 Å². The van der Waals surface area contributed by atoms with Gasteiger partial charge in [-0.05, 0) is 26.7 Å². The van der Waals surface area contributed by atoms with Gasteiger partial charge in [-0.2, -0.15) is 0 Å². The van der Waals surface area contributed by atoms with Gasteiger partial charge in [-0.1, -0.05) is 0 Å². The summed E-state index contributed by atoms with van der Waals surface area (Å²) in [6.07, 6.45) is 1.99. The molecule has 14 heavy (non-hydrogen) atoms. The number of rotatable bonds is 2. The van der Waals surface area contributed by atoms with Gasteiger partial charge < -0.3 is 15.3 Å². The second-order valence-corrected chi connectivity index (χ2v) is 3.69. The van der Waals surface area contributed by atoms with Gasteiger partial charge in [-0.3, -0.25) is 4.79 Å². The minimum absolute atomic E-state index is 0.219. The Labute approximate surface area is 83.1 Å². The molecule has 0 aliphatic carbocycles. The van der Waals surface area contributed by atoms with E-state index in [1.165, 1.54) is 6.92 Å². The van der Waals surface area contributed by atoms with Crippen molar-refractivity contribution in [2.24, 2.45) is 0 Å². The van der Waals surface area contributed by atoms with Crippen LogP contribution in [-0.4, -0.2) is 40.6 Å². The molecule has 0 bridgehead atoms. The van der Waals surface area contributed by atoms with Crippen molar-refractivity contribution in [2.45, 2.75) is 38.8 Å². The first-order chi connectivity index (χ1) is 6.52. The molecule has 0 radical (unpaired) electrons. The molecule has 2 atom stereocenters. The topological polar surface area (TPSA) is 69.6 Å². The number of carbonyl (C=O) groups is 2. The molecule has 1 heterocycles. The molecule has 1 rings (SSSR count). The van der Waals surface area contributed by atoms with E-state index in [0.717, 1.165) is 19.4 Å². The Morgan fingerprint density at radius 1 is 1.57 bits per heavy atom. The lowest BCUT2D eigenvalue weighted by Crippen LogP contribution is -2.47. The molecule has 0 aromatic carbocycles. The first kappa shape index (κ1) is 10.8. The molecule has 0 saturated carbocycles. The highest BCUT2D eigenvalue weighted by molar-refractivity contribution is 5.82. The Kier molecular flexibility index (Phi) is 3.33. The Morgan fingerprint density at radius 3 is 2.64 bits per heavy atom. The Balaban J connectivity index is 2.45. The number of nitrogens with one attached hydrogen (secondary N) is 1. The highest BCUT2D eigenvalue weighted by Crippen LogP contribution is 2.16. The fourth-order valence-corrected chi connectivity index (χ4v) is 1.56. The Morgan fingerprint density at radius 2 is 2.21 bits per heavy atom. The molecule has 0 aromatic heterocycles. The van der Waals surface area contributed by atoms with E-state index < -0.39 is 12.0 Å². The minimum atomic E-state index is -1.01. The lowest BCUT2D eigenvalue weighted by Gasteiger charge is -2.23. The van der Waals surface area contributed by atoms with Crippen molar-refractivity contribution in [2.75, 3.05) is 6.54 Å². The van der Waals surface area contributed by atoms with E-state index in [-0.39, 0.29) is 12.1 Å². The van der Waals surface area contributed by atoms with Crippen LogP contribution in [-0.2, 0) is 4.79 Å². The van der Waals surface area contributed by atoms with Gasteiger partial charge in [0.2, 0.25) is 0 Å². The summed E-state index contributed by atoms with van der Waals surface area (Å²) in [6.45, 7) is 4.15. The molecule has 2 amide bonds. The summed E-state index contributed by atoms with van der Waals surface area (Å²) in [4.78, 5) is 23.7. The third kappa shape index (κ3) is 2.37. The van der Waals surface area contributed by atoms with Crippen LogP contribution in [0.5, 0.6) is 0 Å². The number of carbonyl (C=O) groups excluding carboxylic acids is 1. The quantitative estimate of drug-likeness (QED) is 0.687. The van der Waals surface area contributed by atoms with E-state index in [1.807, 2.05) is 6.92 Å². The molecule has 1 unspecified atom stereocenters. The van der Waals surface area contributed by atoms with Crippen LogP contribution in [0.25, 0.3) is 0 Å². The molecule has 0 spiro atoms. The molecule has 1 fully saturated rings. The maximum absolute atomic E-state index is 11.5. The van der Waals surface area contributed by atoms with Crippen LogP contribution in [0.3, 0.4) is 0 Å². The monoisotopic (exact) mass is 200 g/mol. The number of amides is 2. The highest BCUT2D eigenvalue weighted by Gasteiger charge is 2.26. The zero-order valence-electron chi connectivity index (χ0n) is 8.49. The van der Waals surface area contributed by atoms with Gasteiger partial charge in [-0.15, -0.1) is 0 Å². The van der Waals surface area contributed by atoms with Gasteiger partial charge in [0, 0.05) is 12.6 Å². The maximum Gasteiger partial charge on any atom is 0.325 e. The molecule has 1 aliphatic rings. The molecule has 5 heteroatoms. The number of aliphatic carboxylic acids is 1. The first-order valence-corrected chi connectivity index (χ1v) is 4.82. The molecule has 80 valence electrons. The van der Waals surface area contributed by atoms with E-state index in [9.17, 15) is 9.59 Å². The molecule has 1 saturated heterocycles. The van der Waals surface area contributed by atoms with Crippen LogP contribution in [0.1, 0.15) is 26.7 Å². The molecule has 2 N–H and O–H groups in total. The SMILES string of the molecule is CC1CCCN1C(=O)N[C@@H](C)C(=O)O. The minimum Gasteiger partial charge on any atom is -0.480 e. The number of hydrogen-bond acceptors (Lipinski definition) is 2. The molecular weight excluding hydrogens is 184 g/mol. The van der Waals surface area contributed by atoms with Crippen LogP contribution in [0, 0.1) is 0 Å². The summed E-state index contributed by atoms with van der Waals surface area (Å²) >= 11 is 0. The number of hydrogen-bond donors (Lipinski definition) is 2. The van der Waals surface area contributed by atoms with Crippen molar-refractivity contribution in [3.05, 3.63) is 0 Å². The maximum atomic E-state index is 11.5. The van der Waals surface area contributed by atoms with E-state index >= 15 is 0 Å². The number of carboxylic acids is 1. The van der Waals surface area contributed by atoms with Crippen molar-refractivity contribution < 1.29 is 14.7 Å². The van der Waals surface area contributed by atoms with Gasteiger partial charge in [0.25, 0.3) is 0 Å². The van der Waals surface area contributed by atoms with Crippen molar-refractivity contribution in [3.8, 4) is 0 Å². The van der Waals surface area contributed by atoms with E-state index in [4.69, 9.17) is 5.11 Å². The molecule has 5 nitrogen and oxygen atoms in total. The lowest BCUT2D eigenvalue weighted by molar-refractivity contribution is -0.138. The van der Waals surface area contributed by atoms with Crippen LogP contribution >= 0.6 is 0 Å². The van der Waals surface area contributed by atoms with Crippen molar-refractivity contribution in [1.29, 1.82) is 0 Å². The standard InChI is InChI=1S/C9H16N2O3/c1-6-4-3-5-11(6)9(14)10-7(2)8(12)13/h6-7H,3-5H2,1-2H3,(H,10,14)(H,12,13)/t6?,7-/m0/s1. The van der Waals surface area contributed by atoms with Crippen LogP contribution < -0.4 is 5.32 Å².